The smallest absolute Gasteiger partial charge is 0.200 e. The van der Waals surface area contributed by atoms with Crippen LogP contribution in [0.2, 0.25) is 0 Å². The van der Waals surface area contributed by atoms with E-state index in [4.69, 9.17) is 0 Å². The van der Waals surface area contributed by atoms with E-state index >= 15 is 0 Å². The van der Waals surface area contributed by atoms with Crippen LogP contribution in [0.15, 0.2) is 292 Å². The summed E-state index contributed by atoms with van der Waals surface area (Å²) >= 11 is 0. The Labute approximate surface area is 809 Å². The lowest BCUT2D eigenvalue weighted by molar-refractivity contribution is -0.659. The number of aryl methyl sites for hydroxylation is 16. The van der Waals surface area contributed by atoms with Crippen molar-refractivity contribution in [2.24, 2.45) is 60.0 Å². The quantitative estimate of drug-likeness (QED) is 0.0914. The van der Waals surface area contributed by atoms with E-state index in [1.807, 2.05) is 0 Å². The van der Waals surface area contributed by atoms with E-state index in [1.165, 1.54) is 232 Å². The predicted octanol–water partition coefficient (Wildman–Crippen LogP) is 30.7. The molecule has 0 spiro atoms. The second-order valence-electron chi connectivity index (χ2n) is 41.0. The minimum Gasteiger partial charge on any atom is -0.200 e. The first-order valence-electron chi connectivity index (χ1n) is 49.3. The van der Waals surface area contributed by atoms with Crippen LogP contribution >= 0.6 is 0 Å². The second kappa shape index (κ2) is 43.6. The van der Waals surface area contributed by atoms with Crippen molar-refractivity contribution in [3.8, 4) is 67.5 Å². The molecule has 0 N–H and O–H groups in total. The summed E-state index contributed by atoms with van der Waals surface area (Å²) in [6.45, 7) is 53.4. The number of hydrogen-bond acceptors (Lipinski definition) is 0. The Balaban J connectivity index is 0.000000137. The number of hydrogen-bond donors (Lipinski definition) is 0. The van der Waals surface area contributed by atoms with Gasteiger partial charge in [-0.1, -0.05) is 251 Å². The fraction of sp³-hybridized carbons (Fsp3) is 0.302. The van der Waals surface area contributed by atoms with E-state index in [-0.39, 0.29) is 0 Å². The Morgan fingerprint density at radius 2 is 0.422 bits per heavy atom. The van der Waals surface area contributed by atoms with Crippen LogP contribution < -0.4 is 27.4 Å². The molecule has 0 aliphatic heterocycles. The van der Waals surface area contributed by atoms with Gasteiger partial charge in [0.25, 0.3) is 0 Å². The third-order valence-corrected chi connectivity index (χ3v) is 27.3. The summed E-state index contributed by atoms with van der Waals surface area (Å²) in [6.07, 6.45) is 16.5. The first-order chi connectivity index (χ1) is 64.3. The minimum absolute atomic E-state index is 0.555. The van der Waals surface area contributed by atoms with Crippen molar-refractivity contribution in [1.82, 2.24) is 0 Å². The van der Waals surface area contributed by atoms with Crippen molar-refractivity contribution >= 4 is 64.6 Å². The summed E-state index contributed by atoms with van der Waals surface area (Å²) in [4.78, 5) is 0. The topological polar surface area (TPSA) is 23.3 Å². The van der Waals surface area contributed by atoms with Gasteiger partial charge in [-0.25, -0.2) is 27.4 Å². The Hall–Kier alpha value is -12.9. The molecule has 0 bridgehead atoms. The highest BCUT2D eigenvalue weighted by molar-refractivity contribution is 5.99. The molecular weight excluding hydrogens is 1630 g/mol. The lowest BCUT2D eigenvalue weighted by Gasteiger charge is -2.12. The van der Waals surface area contributed by atoms with Gasteiger partial charge in [-0.05, 0) is 321 Å². The van der Waals surface area contributed by atoms with Crippen molar-refractivity contribution in [2.45, 2.75) is 203 Å². The second-order valence-corrected chi connectivity index (χ2v) is 41.0. The molecule has 0 amide bonds. The fourth-order valence-electron chi connectivity index (χ4n) is 19.6. The Morgan fingerprint density at radius 1 is 0.193 bits per heavy atom. The average Bonchev–Trinajstić information content (AvgIpc) is 0.723. The van der Waals surface area contributed by atoms with Gasteiger partial charge in [-0.3, -0.25) is 0 Å². The van der Waals surface area contributed by atoms with Crippen molar-refractivity contribution < 1.29 is 27.4 Å². The molecule has 18 rings (SSSR count). The number of nitrogens with zero attached hydrogens (tertiary/aromatic N) is 6. The van der Waals surface area contributed by atoms with E-state index in [1.54, 1.807) is 0 Å². The molecule has 0 saturated heterocycles. The van der Waals surface area contributed by atoms with E-state index in [0.29, 0.717) is 35.5 Å². The lowest BCUT2D eigenvalue weighted by atomic mass is 9.93. The first kappa shape index (κ1) is 99.6. The molecule has 0 radical (unpaired) electrons. The van der Waals surface area contributed by atoms with Crippen LogP contribution in [0.4, 0.5) is 0 Å². The highest BCUT2D eigenvalue weighted by Gasteiger charge is 2.26. The van der Waals surface area contributed by atoms with Crippen LogP contribution in [0, 0.1) is 101 Å². The van der Waals surface area contributed by atoms with Crippen molar-refractivity contribution in [1.29, 1.82) is 0 Å². The molecule has 6 heterocycles. The molecule has 6 heteroatoms. The van der Waals surface area contributed by atoms with Gasteiger partial charge in [0.15, 0.2) is 37.2 Å². The molecule has 6 aromatic heterocycles. The summed E-state index contributed by atoms with van der Waals surface area (Å²) in [5.41, 5.74) is 40.2. The number of pyridine rings is 6. The van der Waals surface area contributed by atoms with Crippen LogP contribution in [0.3, 0.4) is 0 Å². The van der Waals surface area contributed by atoms with Gasteiger partial charge >= 0.3 is 0 Å². The zero-order valence-electron chi connectivity index (χ0n) is 87.0. The van der Waals surface area contributed by atoms with Gasteiger partial charge in [-0.15, -0.1) is 0 Å². The van der Waals surface area contributed by atoms with Crippen molar-refractivity contribution in [3.63, 3.8) is 0 Å². The SMILES string of the molecule is Cc1cc(C)c(C)c(-c2c3ccc(C(C)C)cc3cc[n+]2C)c1.Cc1cc(C)c(C)c(-c2c3ccc(CC(C)C)cc3cc[n+]2C)c1.Cc1ccc(C)c(-c2c3ccc(C(C)C)cc3cc[n+]2C)c1.Cc1ccc(C)c(-c2c3ccc(CC(C)C)cc3cc[n+]2C)c1.Cc1ccccc1-c1c2ccc(C(C)C)cc2cc[n+]1C.Cc1ccccc1-c1c2ccc(CC(C)C)cc2cc[n+]1C. The van der Waals surface area contributed by atoms with Crippen LogP contribution in [0.1, 0.15) is 201 Å². The van der Waals surface area contributed by atoms with Crippen LogP contribution in [0.5, 0.6) is 0 Å². The molecule has 18 aromatic rings. The normalized spacial score (nSPS) is 11.4. The van der Waals surface area contributed by atoms with Gasteiger partial charge < -0.3 is 0 Å². The third kappa shape index (κ3) is 23.4. The van der Waals surface area contributed by atoms with E-state index in [0.717, 1.165) is 19.3 Å². The van der Waals surface area contributed by atoms with Crippen molar-refractivity contribution in [2.75, 3.05) is 0 Å². The van der Waals surface area contributed by atoms with E-state index in [2.05, 4.69) is 528 Å². The largest absolute Gasteiger partial charge is 0.220 e. The van der Waals surface area contributed by atoms with Gasteiger partial charge in [0.1, 0.15) is 42.3 Å². The molecule has 12 aromatic carbocycles. The highest BCUT2D eigenvalue weighted by atomic mass is 14.9. The van der Waals surface area contributed by atoms with Crippen LogP contribution in [-0.2, 0) is 61.5 Å². The zero-order valence-corrected chi connectivity index (χ0v) is 87.0. The first-order valence-corrected chi connectivity index (χ1v) is 49.3. The standard InChI is InChI=1S/C23H28N.2C22H26N.2C21H24N.C20H22N/c1-15(2)11-19-7-8-21-20(14-19)9-10-24(6)23(21)22-13-16(3)12-17(4)18(22)5;1-14(2)18-7-8-20-19(13-18)9-10-23(6)22(20)21-12-15(3)11-16(4)17(21)5;1-15(2)12-18-8-9-20-19(14-18)10-11-23(5)22(20)21-13-16(3)6-7-17(21)4;1-14(2)17-8-9-19-18(13-17)10-11-22(5)21(19)20-12-15(3)6-7-16(20)4;1-15(2)13-17-9-10-20-18(14-17)11-12-22(4)21(20)19-8-6-5-7-16(19)3;1-14(2)16-9-10-19-17(13-16)11-12-21(4)20(19)18-8-6-5-7-15(18)3/h7-10,12-15H,11H2,1-6H3;7-14H,1-6H3;6-11,13-15H,12H2,1-5H3;6-14H,1-5H3;5-12,14-15H,13H2,1-4H3;5-14H,1-4H3/q6*+1. The lowest BCUT2D eigenvalue weighted by Crippen LogP contribution is -2.30. The third-order valence-electron chi connectivity index (χ3n) is 27.3. The van der Waals surface area contributed by atoms with Gasteiger partial charge in [0.05, 0.1) is 43.4 Å². The Morgan fingerprint density at radius 3 is 0.681 bits per heavy atom. The van der Waals surface area contributed by atoms with Crippen LogP contribution in [0.25, 0.3) is 132 Å². The van der Waals surface area contributed by atoms with E-state index < -0.39 is 0 Å². The van der Waals surface area contributed by atoms with Gasteiger partial charge in [0, 0.05) is 58.7 Å². The number of rotatable bonds is 15. The summed E-state index contributed by atoms with van der Waals surface area (Å²) in [7, 11) is 12.8. The van der Waals surface area contributed by atoms with Crippen molar-refractivity contribution in [3.05, 3.63) is 392 Å². The molecule has 0 fully saturated rings. The fourth-order valence-corrected chi connectivity index (χ4v) is 19.6. The number of aromatic nitrogens is 6. The molecule has 0 aliphatic rings. The summed E-state index contributed by atoms with van der Waals surface area (Å²) in [5.74, 6) is 3.73. The maximum Gasteiger partial charge on any atom is 0.220 e. The van der Waals surface area contributed by atoms with E-state index in [9.17, 15) is 0 Å². The molecule has 0 aliphatic carbocycles. The average molecular weight is 1780 g/mol. The molecule has 135 heavy (non-hydrogen) atoms. The molecule has 0 unspecified atom stereocenters. The molecule has 690 valence electrons. The Bertz CT molecular complexity index is 7370. The monoisotopic (exact) mass is 1780 g/mol. The zero-order chi connectivity index (χ0) is 97.2. The molecular formula is C129H150N6+6. The number of benzene rings is 12. The Kier molecular flexibility index (Phi) is 32.2. The summed E-state index contributed by atoms with van der Waals surface area (Å²) in [6, 6.07) is 94.5. The predicted molar refractivity (Wildman–Crippen MR) is 578 cm³/mol. The van der Waals surface area contributed by atoms with Gasteiger partial charge in [0.2, 0.25) is 34.2 Å². The molecule has 0 saturated carbocycles. The molecule has 0 atom stereocenters. The van der Waals surface area contributed by atoms with Crippen LogP contribution in [-0.4, -0.2) is 0 Å². The maximum atomic E-state index is 2.36. The maximum absolute atomic E-state index is 2.36. The highest BCUT2D eigenvalue weighted by Crippen LogP contribution is 2.39. The summed E-state index contributed by atoms with van der Waals surface area (Å²) in [5, 5.41) is 15.9. The van der Waals surface area contributed by atoms with Gasteiger partial charge in [-0.2, -0.15) is 0 Å². The minimum atomic E-state index is 0.555. The molecule has 6 nitrogen and oxygen atoms in total. The number of fused-ring (bicyclic) bond motifs is 6. The summed E-state index contributed by atoms with van der Waals surface area (Å²) < 4.78 is 13.4.